The van der Waals surface area contributed by atoms with Crippen LogP contribution in [0.4, 0.5) is 0 Å². The molecule has 0 unspecified atom stereocenters. The van der Waals surface area contributed by atoms with E-state index < -0.39 is 0 Å². The molecule has 0 atom stereocenters. The molecule has 7 heteroatoms. The average Bonchev–Trinajstić information content (AvgIpc) is 3.45. The number of nitrogens with zero attached hydrogens (tertiary/aromatic N) is 4. The smallest absolute Gasteiger partial charge is 0.251 e. The minimum absolute atomic E-state index is 0.0545. The fraction of sp³-hybridized carbons (Fsp3) is 0.179. The van der Waals surface area contributed by atoms with Crippen LogP contribution in [0.3, 0.4) is 0 Å². The number of aromatic nitrogens is 4. The van der Waals surface area contributed by atoms with E-state index in [1.165, 1.54) is 5.56 Å². The van der Waals surface area contributed by atoms with Gasteiger partial charge in [-0.2, -0.15) is 5.10 Å². The van der Waals surface area contributed by atoms with Crippen molar-refractivity contribution in [1.29, 1.82) is 0 Å². The number of carbonyl (C=O) groups excluding carboxylic acids is 1. The molecule has 0 saturated carbocycles. The molecule has 0 spiro atoms. The maximum absolute atomic E-state index is 12.6. The Kier molecular flexibility index (Phi) is 6.68. The van der Waals surface area contributed by atoms with Gasteiger partial charge >= 0.3 is 0 Å². The Balaban J connectivity index is 1.10. The summed E-state index contributed by atoms with van der Waals surface area (Å²) < 4.78 is 3.97. The molecule has 0 aliphatic rings. The summed E-state index contributed by atoms with van der Waals surface area (Å²) in [5.41, 5.74) is 6.99. The van der Waals surface area contributed by atoms with Crippen molar-refractivity contribution in [3.05, 3.63) is 113 Å². The average molecular weight is 482 g/mol. The van der Waals surface area contributed by atoms with E-state index in [-0.39, 0.29) is 5.91 Å². The summed E-state index contributed by atoms with van der Waals surface area (Å²) in [5, 5.41) is 7.55. The van der Waals surface area contributed by atoms with Gasteiger partial charge in [0.05, 0.1) is 17.1 Å². The van der Waals surface area contributed by atoms with Crippen molar-refractivity contribution in [3.63, 3.8) is 0 Å². The van der Waals surface area contributed by atoms with E-state index in [2.05, 4.69) is 58.9 Å². The third kappa shape index (κ3) is 5.46. The van der Waals surface area contributed by atoms with E-state index in [0.717, 1.165) is 45.5 Å². The zero-order chi connectivity index (χ0) is 24.2. The number of rotatable bonds is 8. The van der Waals surface area contributed by atoms with Gasteiger partial charge in [-0.05, 0) is 80.4 Å². The molecule has 1 N–H and O–H groups in total. The number of aryl methyl sites for hydroxylation is 2. The number of thioether (sulfide) groups is 1. The first-order valence-electron chi connectivity index (χ1n) is 11.6. The summed E-state index contributed by atoms with van der Waals surface area (Å²) in [6, 6.07) is 24.1. The van der Waals surface area contributed by atoms with Crippen LogP contribution < -0.4 is 5.32 Å². The molecule has 0 radical (unpaired) electrons. The molecule has 0 bridgehead atoms. The number of amides is 1. The summed E-state index contributed by atoms with van der Waals surface area (Å²) in [5.74, 6) is 0.729. The highest BCUT2D eigenvalue weighted by atomic mass is 32.2. The van der Waals surface area contributed by atoms with Crippen LogP contribution in [0.25, 0.3) is 11.3 Å². The van der Waals surface area contributed by atoms with E-state index >= 15 is 0 Å². The Hall–Kier alpha value is -3.84. The van der Waals surface area contributed by atoms with E-state index in [4.69, 9.17) is 0 Å². The van der Waals surface area contributed by atoms with E-state index in [0.29, 0.717) is 12.1 Å². The number of hydrogen-bond donors (Lipinski definition) is 1. The van der Waals surface area contributed by atoms with Gasteiger partial charge in [0.2, 0.25) is 0 Å². The first-order valence-corrected chi connectivity index (χ1v) is 12.6. The summed E-state index contributed by atoms with van der Waals surface area (Å²) in [6.45, 7) is 4.63. The second kappa shape index (κ2) is 10.2. The van der Waals surface area contributed by atoms with Crippen LogP contribution in [-0.2, 0) is 12.2 Å². The van der Waals surface area contributed by atoms with Crippen molar-refractivity contribution in [2.24, 2.45) is 0 Å². The third-order valence-corrected chi connectivity index (χ3v) is 6.85. The molecule has 176 valence electrons. The van der Waals surface area contributed by atoms with Gasteiger partial charge in [0.25, 0.3) is 5.91 Å². The Labute approximate surface area is 209 Å². The highest BCUT2D eigenvalue weighted by Gasteiger charge is 2.08. The third-order valence-electron chi connectivity index (χ3n) is 5.81. The maximum Gasteiger partial charge on any atom is 0.251 e. The highest BCUT2D eigenvalue weighted by Crippen LogP contribution is 2.23. The van der Waals surface area contributed by atoms with Crippen molar-refractivity contribution in [1.82, 2.24) is 24.5 Å². The van der Waals surface area contributed by atoms with Crippen LogP contribution in [0.5, 0.6) is 0 Å². The first kappa shape index (κ1) is 22.9. The Morgan fingerprint density at radius 1 is 1.00 bits per heavy atom. The zero-order valence-corrected chi connectivity index (χ0v) is 20.6. The lowest BCUT2D eigenvalue weighted by Gasteiger charge is -2.08. The standard InChI is InChI=1S/C28H27N5OS/c1-20-17-21(2)33(31-20)25-10-6-22(7-11-25)14-15-29-28(34)23-8-12-26(13-9-23)35-19-24-18-32-16-4-3-5-27(32)30-24/h3-13,16-18H,14-15,19H2,1-2H3,(H,29,34). The van der Waals surface area contributed by atoms with Crippen LogP contribution in [0.2, 0.25) is 0 Å². The molecule has 0 aliphatic heterocycles. The van der Waals surface area contributed by atoms with Crippen molar-refractivity contribution in [3.8, 4) is 5.69 Å². The Bertz CT molecular complexity index is 1420. The normalized spacial score (nSPS) is 11.1. The van der Waals surface area contributed by atoms with Gasteiger partial charge in [-0.1, -0.05) is 18.2 Å². The summed E-state index contributed by atoms with van der Waals surface area (Å²) >= 11 is 1.71. The van der Waals surface area contributed by atoms with Crippen LogP contribution in [-0.4, -0.2) is 31.6 Å². The molecule has 5 rings (SSSR count). The number of benzene rings is 2. The molecule has 0 fully saturated rings. The van der Waals surface area contributed by atoms with Gasteiger partial charge < -0.3 is 9.72 Å². The van der Waals surface area contributed by atoms with E-state index in [1.54, 1.807) is 11.8 Å². The number of fused-ring (bicyclic) bond motifs is 1. The molecule has 1 amide bonds. The maximum atomic E-state index is 12.6. The summed E-state index contributed by atoms with van der Waals surface area (Å²) in [4.78, 5) is 18.3. The van der Waals surface area contributed by atoms with Crippen molar-refractivity contribution in [2.75, 3.05) is 6.54 Å². The highest BCUT2D eigenvalue weighted by molar-refractivity contribution is 7.98. The first-order chi connectivity index (χ1) is 17.0. The van der Waals surface area contributed by atoms with Crippen molar-refractivity contribution in [2.45, 2.75) is 30.9 Å². The molecular weight excluding hydrogens is 454 g/mol. The van der Waals surface area contributed by atoms with Gasteiger partial charge in [-0.3, -0.25) is 4.79 Å². The number of imidazole rings is 1. The fourth-order valence-corrected chi connectivity index (χ4v) is 4.82. The van der Waals surface area contributed by atoms with Crippen LogP contribution >= 0.6 is 11.8 Å². The number of hydrogen-bond acceptors (Lipinski definition) is 4. The molecule has 35 heavy (non-hydrogen) atoms. The second-order valence-electron chi connectivity index (χ2n) is 8.52. The van der Waals surface area contributed by atoms with Gasteiger partial charge in [0, 0.05) is 40.8 Å². The number of carbonyl (C=O) groups is 1. The zero-order valence-electron chi connectivity index (χ0n) is 19.8. The lowest BCUT2D eigenvalue weighted by molar-refractivity contribution is 0.0954. The SMILES string of the molecule is Cc1cc(C)n(-c2ccc(CCNC(=O)c3ccc(SCc4cn5ccccc5n4)cc3)cc2)n1. The molecular formula is C28H27N5OS. The number of pyridine rings is 1. The molecule has 0 saturated heterocycles. The monoisotopic (exact) mass is 481 g/mol. The molecule has 3 heterocycles. The van der Waals surface area contributed by atoms with Crippen LogP contribution in [0, 0.1) is 13.8 Å². The molecule has 5 aromatic rings. The second-order valence-corrected chi connectivity index (χ2v) is 9.57. The lowest BCUT2D eigenvalue weighted by atomic mass is 10.1. The fourth-order valence-electron chi connectivity index (χ4n) is 4.03. The van der Waals surface area contributed by atoms with E-state index in [1.807, 2.05) is 64.7 Å². The van der Waals surface area contributed by atoms with Crippen LogP contribution in [0.1, 0.15) is 33.0 Å². The number of nitrogens with one attached hydrogen (secondary N) is 1. The summed E-state index contributed by atoms with van der Waals surface area (Å²) in [6.07, 6.45) is 4.83. The predicted molar refractivity (Wildman–Crippen MR) is 140 cm³/mol. The summed E-state index contributed by atoms with van der Waals surface area (Å²) in [7, 11) is 0. The molecule has 3 aromatic heterocycles. The topological polar surface area (TPSA) is 64.2 Å². The Morgan fingerprint density at radius 3 is 2.51 bits per heavy atom. The van der Waals surface area contributed by atoms with Gasteiger partial charge in [-0.15, -0.1) is 11.8 Å². The molecule has 2 aromatic carbocycles. The van der Waals surface area contributed by atoms with Gasteiger partial charge in [-0.25, -0.2) is 9.67 Å². The molecule has 6 nitrogen and oxygen atoms in total. The lowest BCUT2D eigenvalue weighted by Crippen LogP contribution is -2.25. The van der Waals surface area contributed by atoms with Crippen LogP contribution in [0.15, 0.2) is 90.1 Å². The quantitative estimate of drug-likeness (QED) is 0.301. The van der Waals surface area contributed by atoms with Gasteiger partial charge in [0.1, 0.15) is 5.65 Å². The minimum atomic E-state index is -0.0545. The largest absolute Gasteiger partial charge is 0.352 e. The van der Waals surface area contributed by atoms with E-state index in [9.17, 15) is 4.79 Å². The Morgan fingerprint density at radius 2 is 1.80 bits per heavy atom. The van der Waals surface area contributed by atoms with Gasteiger partial charge in [0.15, 0.2) is 0 Å². The minimum Gasteiger partial charge on any atom is -0.352 e. The van der Waals surface area contributed by atoms with Crippen molar-refractivity contribution >= 4 is 23.3 Å². The predicted octanol–water partition coefficient (Wildman–Crippen LogP) is 5.40. The molecule has 0 aliphatic carbocycles. The van der Waals surface area contributed by atoms with Crippen molar-refractivity contribution < 1.29 is 4.79 Å².